The Kier molecular flexibility index (Phi) is 6.47. The quantitative estimate of drug-likeness (QED) is 0.569. The summed E-state index contributed by atoms with van der Waals surface area (Å²) in [5.41, 5.74) is 3.10. The van der Waals surface area contributed by atoms with Crippen molar-refractivity contribution in [2.24, 2.45) is 0 Å². The van der Waals surface area contributed by atoms with Crippen LogP contribution in [0.5, 0.6) is 11.5 Å². The van der Waals surface area contributed by atoms with E-state index in [1.165, 1.54) is 5.56 Å². The van der Waals surface area contributed by atoms with Crippen LogP contribution in [-0.2, 0) is 13.0 Å². The van der Waals surface area contributed by atoms with Gasteiger partial charge in [-0.25, -0.2) is 9.97 Å². The van der Waals surface area contributed by atoms with E-state index in [9.17, 15) is 0 Å². The molecule has 0 radical (unpaired) electrons. The van der Waals surface area contributed by atoms with Crippen molar-refractivity contribution in [3.05, 3.63) is 48.0 Å². The minimum Gasteiger partial charge on any atom is -0.493 e. The van der Waals surface area contributed by atoms with Crippen LogP contribution in [0, 0.1) is 6.92 Å². The zero-order chi connectivity index (χ0) is 19.9. The van der Waals surface area contributed by atoms with Gasteiger partial charge in [0.15, 0.2) is 11.5 Å². The number of nitrogens with zero attached hydrogens (tertiary/aromatic N) is 4. The Bertz CT molecular complexity index is 923. The third-order valence-corrected chi connectivity index (χ3v) is 4.49. The Morgan fingerprint density at radius 2 is 1.89 bits per heavy atom. The highest BCUT2D eigenvalue weighted by molar-refractivity contribution is 5.60. The fraction of sp³-hybridized carbons (Fsp3) is 0.381. The largest absolute Gasteiger partial charge is 0.493 e. The molecule has 3 rings (SSSR count). The van der Waals surface area contributed by atoms with Crippen molar-refractivity contribution in [2.75, 3.05) is 26.1 Å². The summed E-state index contributed by atoms with van der Waals surface area (Å²) in [6, 6.07) is 8.01. The van der Waals surface area contributed by atoms with Crippen molar-refractivity contribution in [2.45, 2.75) is 33.2 Å². The lowest BCUT2D eigenvalue weighted by molar-refractivity contribution is 0.354. The molecule has 0 unspecified atom stereocenters. The average molecular weight is 381 g/mol. The van der Waals surface area contributed by atoms with Crippen molar-refractivity contribution in [1.82, 2.24) is 19.7 Å². The maximum Gasteiger partial charge on any atom is 0.160 e. The smallest absolute Gasteiger partial charge is 0.160 e. The Morgan fingerprint density at radius 1 is 1.07 bits per heavy atom. The van der Waals surface area contributed by atoms with Crippen molar-refractivity contribution < 1.29 is 9.47 Å². The highest BCUT2D eigenvalue weighted by Gasteiger charge is 2.07. The number of aryl methyl sites for hydroxylation is 3. The molecule has 1 N–H and O–H groups in total. The van der Waals surface area contributed by atoms with Gasteiger partial charge in [0.05, 0.1) is 26.1 Å². The number of nitrogens with one attached hydrogen (secondary N) is 1. The van der Waals surface area contributed by atoms with Gasteiger partial charge < -0.3 is 14.8 Å². The molecule has 7 nitrogen and oxygen atoms in total. The second kappa shape index (κ2) is 9.21. The van der Waals surface area contributed by atoms with Crippen LogP contribution in [0.1, 0.15) is 24.7 Å². The molecule has 2 heterocycles. The van der Waals surface area contributed by atoms with E-state index >= 15 is 0 Å². The normalized spacial score (nSPS) is 10.7. The molecule has 7 heteroatoms. The zero-order valence-corrected chi connectivity index (χ0v) is 16.9. The fourth-order valence-electron chi connectivity index (χ4n) is 3.02. The summed E-state index contributed by atoms with van der Waals surface area (Å²) in [6.45, 7) is 5.62. The lowest BCUT2D eigenvalue weighted by Gasteiger charge is -2.10. The first kappa shape index (κ1) is 19.7. The highest BCUT2D eigenvalue weighted by atomic mass is 16.5. The van der Waals surface area contributed by atoms with Crippen LogP contribution >= 0.6 is 0 Å². The van der Waals surface area contributed by atoms with Crippen molar-refractivity contribution in [1.29, 1.82) is 0 Å². The fourth-order valence-corrected chi connectivity index (χ4v) is 3.02. The van der Waals surface area contributed by atoms with Crippen LogP contribution in [-0.4, -0.2) is 40.5 Å². The molecule has 0 aliphatic rings. The van der Waals surface area contributed by atoms with Gasteiger partial charge in [-0.05, 0) is 44.4 Å². The number of rotatable bonds is 9. The van der Waals surface area contributed by atoms with Gasteiger partial charge in [-0.3, -0.25) is 4.68 Å². The van der Waals surface area contributed by atoms with Crippen LogP contribution < -0.4 is 14.8 Å². The molecule has 3 aromatic rings. The lowest BCUT2D eigenvalue weighted by Crippen LogP contribution is -2.06. The maximum absolute atomic E-state index is 5.37. The molecule has 0 spiro atoms. The van der Waals surface area contributed by atoms with E-state index < -0.39 is 0 Å². The molecular weight excluding hydrogens is 354 g/mol. The summed E-state index contributed by atoms with van der Waals surface area (Å²) in [6.07, 6.45) is 5.75. The SMILES string of the molecule is CCn1cc(-c2cc(NCCCc3ccc(OC)c(OC)c3)nc(C)n2)cn1. The number of hydrogen-bond donors (Lipinski definition) is 1. The first-order valence-corrected chi connectivity index (χ1v) is 9.46. The molecule has 0 bridgehead atoms. The van der Waals surface area contributed by atoms with Gasteiger partial charge in [-0.15, -0.1) is 0 Å². The first-order chi connectivity index (χ1) is 13.6. The molecule has 0 atom stereocenters. The average Bonchev–Trinajstić information content (AvgIpc) is 3.20. The summed E-state index contributed by atoms with van der Waals surface area (Å²) >= 11 is 0. The Balaban J connectivity index is 1.59. The number of methoxy groups -OCH3 is 2. The van der Waals surface area contributed by atoms with E-state index in [4.69, 9.17) is 9.47 Å². The molecule has 0 saturated carbocycles. The van der Waals surface area contributed by atoms with E-state index in [-0.39, 0.29) is 0 Å². The summed E-state index contributed by atoms with van der Waals surface area (Å²) in [5, 5.41) is 7.73. The Morgan fingerprint density at radius 3 is 2.61 bits per heavy atom. The number of aromatic nitrogens is 4. The van der Waals surface area contributed by atoms with Gasteiger partial charge in [0, 0.05) is 30.9 Å². The number of anilines is 1. The van der Waals surface area contributed by atoms with Gasteiger partial charge in [0.2, 0.25) is 0 Å². The zero-order valence-electron chi connectivity index (χ0n) is 16.9. The lowest BCUT2D eigenvalue weighted by atomic mass is 10.1. The summed E-state index contributed by atoms with van der Waals surface area (Å²) in [5.74, 6) is 3.08. The van der Waals surface area contributed by atoms with Crippen LogP contribution in [0.15, 0.2) is 36.7 Å². The predicted molar refractivity (Wildman–Crippen MR) is 110 cm³/mol. The minimum atomic E-state index is 0.740. The second-order valence-electron chi connectivity index (χ2n) is 6.49. The third-order valence-electron chi connectivity index (χ3n) is 4.49. The van der Waals surface area contributed by atoms with E-state index in [2.05, 4.69) is 33.4 Å². The molecule has 0 saturated heterocycles. The Labute approximate surface area is 165 Å². The van der Waals surface area contributed by atoms with Crippen LogP contribution in [0.25, 0.3) is 11.3 Å². The third kappa shape index (κ3) is 4.79. The van der Waals surface area contributed by atoms with Crippen molar-refractivity contribution in [3.8, 4) is 22.8 Å². The van der Waals surface area contributed by atoms with Gasteiger partial charge in [0.25, 0.3) is 0 Å². The van der Waals surface area contributed by atoms with Crippen molar-refractivity contribution in [3.63, 3.8) is 0 Å². The van der Waals surface area contributed by atoms with Gasteiger partial charge >= 0.3 is 0 Å². The molecule has 148 valence electrons. The second-order valence-corrected chi connectivity index (χ2v) is 6.49. The van der Waals surface area contributed by atoms with Crippen LogP contribution in [0.3, 0.4) is 0 Å². The van der Waals surface area contributed by atoms with Gasteiger partial charge in [-0.1, -0.05) is 6.07 Å². The standard InChI is InChI=1S/C21H27N5O2/c1-5-26-14-17(13-23-26)18-12-21(25-15(2)24-18)22-10-6-7-16-8-9-19(27-3)20(11-16)28-4/h8-9,11-14H,5-7,10H2,1-4H3,(H,22,24,25). The number of ether oxygens (including phenoxy) is 2. The molecule has 0 aliphatic carbocycles. The molecule has 2 aromatic heterocycles. The maximum atomic E-state index is 5.37. The number of hydrogen-bond acceptors (Lipinski definition) is 6. The van der Waals surface area contributed by atoms with E-state index in [1.807, 2.05) is 42.2 Å². The summed E-state index contributed by atoms with van der Waals surface area (Å²) in [7, 11) is 3.30. The molecule has 0 aliphatic heterocycles. The molecule has 0 fully saturated rings. The monoisotopic (exact) mass is 381 g/mol. The highest BCUT2D eigenvalue weighted by Crippen LogP contribution is 2.28. The van der Waals surface area contributed by atoms with Gasteiger partial charge in [-0.2, -0.15) is 5.10 Å². The summed E-state index contributed by atoms with van der Waals surface area (Å²) < 4.78 is 12.5. The van der Waals surface area contributed by atoms with E-state index in [0.717, 1.165) is 60.3 Å². The predicted octanol–water partition coefficient (Wildman–Crippen LogP) is 3.73. The van der Waals surface area contributed by atoms with Crippen LogP contribution in [0.4, 0.5) is 5.82 Å². The number of benzene rings is 1. The molecule has 1 aromatic carbocycles. The van der Waals surface area contributed by atoms with E-state index in [1.54, 1.807) is 14.2 Å². The molecule has 0 amide bonds. The molecule has 28 heavy (non-hydrogen) atoms. The molecular formula is C21H27N5O2. The van der Waals surface area contributed by atoms with Crippen molar-refractivity contribution >= 4 is 5.82 Å². The summed E-state index contributed by atoms with van der Waals surface area (Å²) in [4.78, 5) is 9.03. The van der Waals surface area contributed by atoms with Crippen LogP contribution in [0.2, 0.25) is 0 Å². The topological polar surface area (TPSA) is 74.1 Å². The minimum absolute atomic E-state index is 0.740. The Hall–Kier alpha value is -3.09. The van der Waals surface area contributed by atoms with E-state index in [0.29, 0.717) is 0 Å². The van der Waals surface area contributed by atoms with Gasteiger partial charge in [0.1, 0.15) is 11.6 Å². The first-order valence-electron chi connectivity index (χ1n) is 9.46.